The normalized spacial score (nSPS) is 15.9. The van der Waals surface area contributed by atoms with Gasteiger partial charge in [-0.2, -0.15) is 0 Å². The zero-order chi connectivity index (χ0) is 18.7. The van der Waals surface area contributed by atoms with Crippen LogP contribution in [0.1, 0.15) is 13.8 Å². The molecule has 26 heavy (non-hydrogen) atoms. The van der Waals surface area contributed by atoms with Crippen molar-refractivity contribution >= 4 is 28.1 Å². The van der Waals surface area contributed by atoms with Gasteiger partial charge in [0.15, 0.2) is 0 Å². The first kappa shape index (κ1) is 18.1. The third-order valence-corrected chi connectivity index (χ3v) is 4.56. The number of fused-ring (bicyclic) bond motifs is 1. The minimum atomic E-state index is -0.425. The highest BCUT2D eigenvalue weighted by atomic mass is 16.6. The second-order valence-corrected chi connectivity index (χ2v) is 6.61. The second-order valence-electron chi connectivity index (χ2n) is 6.61. The maximum atomic E-state index is 12.9. The largest absolute Gasteiger partial charge is 0.378 e. The Morgan fingerprint density at radius 2 is 2.00 bits per heavy atom. The van der Waals surface area contributed by atoms with Crippen molar-refractivity contribution < 1.29 is 14.5 Å². The number of benzene rings is 1. The van der Waals surface area contributed by atoms with Crippen LogP contribution in [-0.4, -0.2) is 53.1 Å². The summed E-state index contributed by atoms with van der Waals surface area (Å²) in [6, 6.07) is 4.40. The smallest absolute Gasteiger partial charge is 0.278 e. The minimum Gasteiger partial charge on any atom is -0.378 e. The number of amides is 1. The fourth-order valence-electron chi connectivity index (χ4n) is 3.12. The summed E-state index contributed by atoms with van der Waals surface area (Å²) >= 11 is 0. The molecule has 1 aromatic carbocycles. The van der Waals surface area contributed by atoms with Gasteiger partial charge in [-0.3, -0.25) is 19.9 Å². The van der Waals surface area contributed by atoms with E-state index in [1.54, 1.807) is 23.2 Å². The summed E-state index contributed by atoms with van der Waals surface area (Å²) in [5.41, 5.74) is 0.688. The zero-order valence-electron chi connectivity index (χ0n) is 14.8. The summed E-state index contributed by atoms with van der Waals surface area (Å²) in [4.78, 5) is 29.6. The number of hydrogen-bond donors (Lipinski definition) is 1. The lowest BCUT2D eigenvalue weighted by molar-refractivity contribution is -0.383. The molecular formula is C18H22N4O4. The Bertz CT molecular complexity index is 818. The van der Waals surface area contributed by atoms with Gasteiger partial charge < -0.3 is 15.0 Å². The number of carbonyl (C=O) groups is 1. The Balaban J connectivity index is 1.93. The number of nitrogens with one attached hydrogen (secondary N) is 1. The SMILES string of the molecule is CC(C)C(Nc1ccc([N+](=O)[O-])c2cnccc12)C(=O)N1CCOCC1. The van der Waals surface area contributed by atoms with E-state index in [9.17, 15) is 14.9 Å². The molecule has 1 amide bonds. The average Bonchev–Trinajstić information content (AvgIpc) is 2.65. The number of aromatic nitrogens is 1. The monoisotopic (exact) mass is 358 g/mol. The molecule has 0 radical (unpaired) electrons. The van der Waals surface area contributed by atoms with E-state index in [0.717, 1.165) is 0 Å². The molecule has 1 unspecified atom stereocenters. The standard InChI is InChI=1S/C18H22N4O4/c1-12(2)17(18(23)21-7-9-26-10-8-21)20-15-3-4-16(22(24)25)14-11-19-6-5-13(14)15/h3-6,11-12,17,20H,7-10H2,1-2H3. The molecule has 8 heteroatoms. The number of nitro groups is 1. The summed E-state index contributed by atoms with van der Waals surface area (Å²) in [5.74, 6) is 0.0706. The van der Waals surface area contributed by atoms with Crippen molar-refractivity contribution in [2.24, 2.45) is 5.92 Å². The number of nitrogens with zero attached hydrogens (tertiary/aromatic N) is 3. The molecular weight excluding hydrogens is 336 g/mol. The van der Waals surface area contributed by atoms with Gasteiger partial charge in [-0.1, -0.05) is 13.8 Å². The first-order chi connectivity index (χ1) is 12.5. The molecule has 1 aromatic heterocycles. The first-order valence-corrected chi connectivity index (χ1v) is 8.63. The van der Waals surface area contributed by atoms with Crippen molar-refractivity contribution in [2.45, 2.75) is 19.9 Å². The van der Waals surface area contributed by atoms with Gasteiger partial charge in [-0.15, -0.1) is 0 Å². The highest BCUT2D eigenvalue weighted by molar-refractivity contribution is 6.00. The maximum Gasteiger partial charge on any atom is 0.278 e. The van der Waals surface area contributed by atoms with E-state index in [1.807, 2.05) is 13.8 Å². The van der Waals surface area contributed by atoms with Gasteiger partial charge in [0.1, 0.15) is 6.04 Å². The predicted octanol–water partition coefficient (Wildman–Crippen LogP) is 2.44. The first-order valence-electron chi connectivity index (χ1n) is 8.63. The number of morpholine rings is 1. The maximum absolute atomic E-state index is 12.9. The number of anilines is 1. The molecule has 3 rings (SSSR count). The lowest BCUT2D eigenvalue weighted by Crippen LogP contribution is -2.49. The van der Waals surface area contributed by atoms with Crippen LogP contribution >= 0.6 is 0 Å². The molecule has 0 saturated carbocycles. The van der Waals surface area contributed by atoms with Crippen LogP contribution in [0, 0.1) is 16.0 Å². The van der Waals surface area contributed by atoms with Crippen LogP contribution in [0.3, 0.4) is 0 Å². The number of pyridine rings is 1. The Morgan fingerprint density at radius 1 is 1.27 bits per heavy atom. The van der Waals surface area contributed by atoms with Crippen LogP contribution in [0.5, 0.6) is 0 Å². The number of non-ortho nitro benzene ring substituents is 1. The molecule has 1 N–H and O–H groups in total. The Hall–Kier alpha value is -2.74. The van der Waals surface area contributed by atoms with E-state index in [2.05, 4.69) is 10.3 Å². The average molecular weight is 358 g/mol. The molecule has 1 saturated heterocycles. The van der Waals surface area contributed by atoms with Gasteiger partial charge in [-0.05, 0) is 18.1 Å². The quantitative estimate of drug-likeness (QED) is 0.651. The number of carbonyl (C=O) groups excluding carboxylic acids is 1. The van der Waals surface area contributed by atoms with Crippen LogP contribution in [0.4, 0.5) is 11.4 Å². The van der Waals surface area contributed by atoms with Crippen molar-refractivity contribution in [1.29, 1.82) is 0 Å². The van der Waals surface area contributed by atoms with Gasteiger partial charge in [0.2, 0.25) is 5.91 Å². The Kier molecular flexibility index (Phi) is 5.32. The number of ether oxygens (including phenoxy) is 1. The third-order valence-electron chi connectivity index (χ3n) is 4.56. The van der Waals surface area contributed by atoms with Gasteiger partial charge in [0.25, 0.3) is 5.69 Å². The van der Waals surface area contributed by atoms with E-state index in [-0.39, 0.29) is 17.5 Å². The van der Waals surface area contributed by atoms with E-state index in [4.69, 9.17) is 4.74 Å². The summed E-state index contributed by atoms with van der Waals surface area (Å²) in [5, 5.41) is 15.7. The highest BCUT2D eigenvalue weighted by Gasteiger charge is 2.29. The van der Waals surface area contributed by atoms with Gasteiger partial charge in [0, 0.05) is 42.6 Å². The van der Waals surface area contributed by atoms with Crippen LogP contribution < -0.4 is 5.32 Å². The number of nitro benzene ring substituents is 1. The Morgan fingerprint density at radius 3 is 2.65 bits per heavy atom. The van der Waals surface area contributed by atoms with Crippen LogP contribution in [-0.2, 0) is 9.53 Å². The fraction of sp³-hybridized carbons (Fsp3) is 0.444. The fourth-order valence-corrected chi connectivity index (χ4v) is 3.12. The van der Waals surface area contributed by atoms with E-state index in [0.29, 0.717) is 42.8 Å². The van der Waals surface area contributed by atoms with Crippen molar-refractivity contribution in [1.82, 2.24) is 9.88 Å². The van der Waals surface area contributed by atoms with E-state index in [1.165, 1.54) is 12.3 Å². The van der Waals surface area contributed by atoms with Crippen LogP contribution in [0.25, 0.3) is 10.8 Å². The zero-order valence-corrected chi connectivity index (χ0v) is 14.8. The summed E-state index contributed by atoms with van der Waals surface area (Å²) in [7, 11) is 0. The molecule has 1 aliphatic rings. The molecule has 1 aliphatic heterocycles. The second kappa shape index (κ2) is 7.65. The van der Waals surface area contributed by atoms with Gasteiger partial charge in [-0.25, -0.2) is 0 Å². The lowest BCUT2D eigenvalue weighted by Gasteiger charge is -2.32. The summed E-state index contributed by atoms with van der Waals surface area (Å²) in [6.07, 6.45) is 3.07. The van der Waals surface area contributed by atoms with Gasteiger partial charge >= 0.3 is 0 Å². The van der Waals surface area contributed by atoms with Crippen LogP contribution in [0.15, 0.2) is 30.6 Å². The molecule has 138 valence electrons. The van der Waals surface area contributed by atoms with Crippen LogP contribution in [0.2, 0.25) is 0 Å². The summed E-state index contributed by atoms with van der Waals surface area (Å²) < 4.78 is 5.32. The predicted molar refractivity (Wildman–Crippen MR) is 98.0 cm³/mol. The molecule has 0 spiro atoms. The molecule has 2 heterocycles. The van der Waals surface area contributed by atoms with Crippen molar-refractivity contribution in [3.8, 4) is 0 Å². The summed E-state index contributed by atoms with van der Waals surface area (Å²) in [6.45, 7) is 6.20. The molecule has 0 aliphatic carbocycles. The number of rotatable bonds is 5. The van der Waals surface area contributed by atoms with E-state index >= 15 is 0 Å². The van der Waals surface area contributed by atoms with Crippen molar-refractivity contribution in [3.63, 3.8) is 0 Å². The highest BCUT2D eigenvalue weighted by Crippen LogP contribution is 2.31. The molecule has 8 nitrogen and oxygen atoms in total. The molecule has 1 fully saturated rings. The molecule has 1 atom stereocenters. The molecule has 2 aromatic rings. The van der Waals surface area contributed by atoms with Gasteiger partial charge in [0.05, 0.1) is 23.5 Å². The number of hydrogen-bond acceptors (Lipinski definition) is 6. The van der Waals surface area contributed by atoms with Crippen molar-refractivity contribution in [3.05, 3.63) is 40.7 Å². The van der Waals surface area contributed by atoms with Crippen molar-refractivity contribution in [2.75, 3.05) is 31.6 Å². The third kappa shape index (κ3) is 3.60. The topological polar surface area (TPSA) is 97.6 Å². The molecule has 0 bridgehead atoms. The Labute approximate surface area is 151 Å². The van der Waals surface area contributed by atoms with E-state index < -0.39 is 11.0 Å². The minimum absolute atomic E-state index is 0.000692. The lowest BCUT2D eigenvalue weighted by atomic mass is 10.0.